The van der Waals surface area contributed by atoms with Crippen LogP contribution in [0.3, 0.4) is 0 Å². The van der Waals surface area contributed by atoms with Crippen LogP contribution >= 0.6 is 0 Å². The summed E-state index contributed by atoms with van der Waals surface area (Å²) >= 11 is 0. The van der Waals surface area contributed by atoms with Crippen molar-refractivity contribution in [1.29, 1.82) is 0 Å². The summed E-state index contributed by atoms with van der Waals surface area (Å²) in [6.45, 7) is 2.03. The Hall–Kier alpha value is -1.44. The molecule has 27 heavy (non-hydrogen) atoms. The van der Waals surface area contributed by atoms with Crippen molar-refractivity contribution in [3.63, 3.8) is 0 Å². The van der Waals surface area contributed by atoms with Crippen molar-refractivity contribution >= 4 is 8.80 Å². The van der Waals surface area contributed by atoms with Gasteiger partial charge in [0, 0.05) is 39.3 Å². The van der Waals surface area contributed by atoms with Crippen molar-refractivity contribution < 1.29 is 13.3 Å². The average Bonchev–Trinajstić information content (AvgIpc) is 3.17. The molecule has 0 aliphatic rings. The van der Waals surface area contributed by atoms with E-state index in [0.717, 1.165) is 51.2 Å². The third-order valence-electron chi connectivity index (χ3n) is 4.94. The summed E-state index contributed by atoms with van der Waals surface area (Å²) in [6, 6.07) is 13.8. The molecule has 0 aliphatic carbocycles. The van der Waals surface area contributed by atoms with Crippen molar-refractivity contribution in [2.24, 2.45) is 0 Å². The number of hydrogen-bond donors (Lipinski definition) is 2. The topological polar surface area (TPSA) is 55.5 Å². The van der Waals surface area contributed by atoms with Gasteiger partial charge in [0.15, 0.2) is 0 Å². The minimum Gasteiger partial charge on any atom is -0.377 e. The fourth-order valence-corrected chi connectivity index (χ4v) is 5.02. The minimum absolute atomic E-state index is 0.857. The molecule has 0 saturated heterocycles. The Kier molecular flexibility index (Phi) is 9.79. The molecule has 0 bridgehead atoms. The summed E-state index contributed by atoms with van der Waals surface area (Å²) < 4.78 is 16.4. The highest BCUT2D eigenvalue weighted by atomic mass is 28.4. The van der Waals surface area contributed by atoms with Crippen LogP contribution in [0.25, 0.3) is 0 Å². The highest BCUT2D eigenvalue weighted by Crippen LogP contribution is 2.17. The second-order valence-corrected chi connectivity index (χ2v) is 9.86. The molecule has 150 valence electrons. The molecule has 1 aromatic heterocycles. The second kappa shape index (κ2) is 12.1. The lowest BCUT2D eigenvalue weighted by atomic mass is 10.1. The highest BCUT2D eigenvalue weighted by Gasteiger charge is 2.36. The molecule has 0 atom stereocenters. The number of rotatable bonds is 14. The lowest BCUT2D eigenvalue weighted by Crippen LogP contribution is -2.42. The van der Waals surface area contributed by atoms with E-state index in [4.69, 9.17) is 13.3 Å². The summed E-state index contributed by atoms with van der Waals surface area (Å²) in [5.74, 6) is 0. The van der Waals surface area contributed by atoms with E-state index in [0.29, 0.717) is 0 Å². The van der Waals surface area contributed by atoms with Gasteiger partial charge in [0.2, 0.25) is 0 Å². The Morgan fingerprint density at radius 2 is 1.52 bits per heavy atom. The van der Waals surface area contributed by atoms with E-state index in [-0.39, 0.29) is 0 Å². The normalized spacial score (nSPS) is 11.8. The van der Waals surface area contributed by atoms with Gasteiger partial charge in [0.05, 0.1) is 0 Å². The number of unbranched alkanes of at least 4 members (excludes halogenated alkanes) is 1. The number of nitrogens with one attached hydrogen (secondary N) is 2. The zero-order valence-corrected chi connectivity index (χ0v) is 17.9. The average molecular weight is 391 g/mol. The quantitative estimate of drug-likeness (QED) is 0.382. The molecular formula is C21H34N2O3Si. The first-order chi connectivity index (χ1) is 13.2. The fourth-order valence-electron chi connectivity index (χ4n) is 3.23. The maximum atomic E-state index is 5.46. The number of aryl methyl sites for hydroxylation is 1. The van der Waals surface area contributed by atoms with E-state index in [2.05, 4.69) is 52.9 Å². The van der Waals surface area contributed by atoms with Gasteiger partial charge in [-0.05, 0) is 62.4 Å². The van der Waals surface area contributed by atoms with Gasteiger partial charge in [-0.3, -0.25) is 0 Å². The zero-order chi connectivity index (χ0) is 19.4. The van der Waals surface area contributed by atoms with Crippen molar-refractivity contribution in [1.82, 2.24) is 10.3 Å². The summed E-state index contributed by atoms with van der Waals surface area (Å²) in [5, 5.41) is 3.53. The molecule has 0 amide bonds. The molecule has 6 heteroatoms. The maximum Gasteiger partial charge on any atom is 0.500 e. The van der Waals surface area contributed by atoms with E-state index >= 15 is 0 Å². The zero-order valence-electron chi connectivity index (χ0n) is 16.9. The lowest BCUT2D eigenvalue weighted by Gasteiger charge is -2.24. The van der Waals surface area contributed by atoms with Crippen LogP contribution in [0.5, 0.6) is 0 Å². The van der Waals surface area contributed by atoms with E-state index in [9.17, 15) is 0 Å². The lowest BCUT2D eigenvalue weighted by molar-refractivity contribution is 0.123. The first kappa shape index (κ1) is 21.9. The Morgan fingerprint density at radius 1 is 0.852 bits per heavy atom. The molecule has 0 radical (unpaired) electrons. The third-order valence-corrected chi connectivity index (χ3v) is 7.77. The molecule has 2 rings (SSSR count). The molecule has 0 saturated carbocycles. The van der Waals surface area contributed by atoms with Crippen LogP contribution in [0.15, 0.2) is 42.6 Å². The predicted molar refractivity (Wildman–Crippen MR) is 112 cm³/mol. The summed E-state index contributed by atoms with van der Waals surface area (Å²) in [7, 11) is 2.59. The van der Waals surface area contributed by atoms with Gasteiger partial charge in [-0.25, -0.2) is 0 Å². The van der Waals surface area contributed by atoms with Crippen molar-refractivity contribution in [2.75, 3.05) is 34.4 Å². The summed E-state index contributed by atoms with van der Waals surface area (Å²) in [5.41, 5.74) is 4.05. The van der Waals surface area contributed by atoms with Gasteiger partial charge in [-0.1, -0.05) is 30.3 Å². The standard InChI is InChI=1S/C21H34N2O3Si/c1-24-27(25-2,26-3)16-8-7-11-21-17-20(18-23-21)13-15-22-14-12-19-9-5-4-6-10-19/h4-6,9-10,17-18,22-23H,7-8,11-16H2,1-3H3. The van der Waals surface area contributed by atoms with Gasteiger partial charge in [-0.2, -0.15) is 0 Å². The van der Waals surface area contributed by atoms with E-state index < -0.39 is 8.80 Å². The third kappa shape index (κ3) is 7.60. The molecule has 0 fully saturated rings. The molecule has 0 spiro atoms. The molecule has 1 heterocycles. The van der Waals surface area contributed by atoms with Gasteiger partial charge >= 0.3 is 8.80 Å². The molecule has 2 N–H and O–H groups in total. The molecule has 2 aromatic rings. The molecular weight excluding hydrogens is 356 g/mol. The van der Waals surface area contributed by atoms with Gasteiger partial charge in [-0.15, -0.1) is 0 Å². The SMILES string of the molecule is CO[Si](CCCCc1cc(CCNCCc2ccccc2)c[nH]1)(OC)OC. The van der Waals surface area contributed by atoms with Crippen LogP contribution in [-0.4, -0.2) is 48.2 Å². The summed E-state index contributed by atoms with van der Waals surface area (Å²) in [4.78, 5) is 3.40. The molecule has 1 aromatic carbocycles. The Labute approximate surface area is 164 Å². The van der Waals surface area contributed by atoms with Gasteiger partial charge < -0.3 is 23.6 Å². The van der Waals surface area contributed by atoms with Crippen molar-refractivity contribution in [3.05, 3.63) is 59.4 Å². The number of aromatic nitrogens is 1. The van der Waals surface area contributed by atoms with Crippen LogP contribution in [0.1, 0.15) is 29.7 Å². The van der Waals surface area contributed by atoms with Gasteiger partial charge in [0.1, 0.15) is 0 Å². The number of benzene rings is 1. The number of hydrogen-bond acceptors (Lipinski definition) is 4. The van der Waals surface area contributed by atoms with Crippen molar-refractivity contribution in [2.45, 2.75) is 38.1 Å². The van der Waals surface area contributed by atoms with Crippen LogP contribution in [0, 0.1) is 0 Å². The number of aromatic amines is 1. The van der Waals surface area contributed by atoms with Crippen LogP contribution in [-0.2, 0) is 32.5 Å². The smallest absolute Gasteiger partial charge is 0.377 e. The molecule has 0 aliphatic heterocycles. The Bertz CT molecular complexity index is 621. The number of H-pyrrole nitrogens is 1. The van der Waals surface area contributed by atoms with Gasteiger partial charge in [0.25, 0.3) is 0 Å². The summed E-state index contributed by atoms with van der Waals surface area (Å²) in [6.07, 6.45) is 7.44. The molecule has 5 nitrogen and oxygen atoms in total. The van der Waals surface area contributed by atoms with Crippen LogP contribution in [0.4, 0.5) is 0 Å². The van der Waals surface area contributed by atoms with Crippen LogP contribution in [0.2, 0.25) is 6.04 Å². The largest absolute Gasteiger partial charge is 0.500 e. The highest BCUT2D eigenvalue weighted by molar-refractivity contribution is 6.60. The predicted octanol–water partition coefficient (Wildman–Crippen LogP) is 3.59. The van der Waals surface area contributed by atoms with Crippen molar-refractivity contribution in [3.8, 4) is 0 Å². The monoisotopic (exact) mass is 390 g/mol. The Balaban J connectivity index is 1.59. The van der Waals surface area contributed by atoms with E-state index in [1.807, 2.05) is 0 Å². The first-order valence-corrected chi connectivity index (χ1v) is 11.7. The maximum absolute atomic E-state index is 5.46. The van der Waals surface area contributed by atoms with E-state index in [1.165, 1.54) is 16.8 Å². The van der Waals surface area contributed by atoms with Crippen LogP contribution < -0.4 is 5.32 Å². The fraction of sp³-hybridized carbons (Fsp3) is 0.524. The van der Waals surface area contributed by atoms with E-state index in [1.54, 1.807) is 21.3 Å². The Morgan fingerprint density at radius 3 is 2.19 bits per heavy atom. The first-order valence-electron chi connectivity index (χ1n) is 9.77. The molecule has 0 unspecified atom stereocenters. The second-order valence-electron chi connectivity index (χ2n) is 6.77. The minimum atomic E-state index is -2.42.